The minimum atomic E-state index is -4.68. The lowest BCUT2D eigenvalue weighted by Gasteiger charge is -2.26. The fraction of sp³-hybridized carbons (Fsp3) is 0.476. The molecule has 1 aliphatic rings. The summed E-state index contributed by atoms with van der Waals surface area (Å²) in [6, 6.07) is 1.18. The van der Waals surface area contributed by atoms with Gasteiger partial charge in [0.2, 0.25) is 0 Å². The predicted octanol–water partition coefficient (Wildman–Crippen LogP) is 6.49. The van der Waals surface area contributed by atoms with Crippen LogP contribution in [0.1, 0.15) is 45.1 Å². The van der Waals surface area contributed by atoms with Crippen LogP contribution in [-0.2, 0) is 11.0 Å². The van der Waals surface area contributed by atoms with Gasteiger partial charge in [-0.25, -0.2) is 14.2 Å². The summed E-state index contributed by atoms with van der Waals surface area (Å²) in [5.74, 6) is -1.91. The third kappa shape index (κ3) is 6.38. The molecular weight excluding hydrogens is 482 g/mol. The smallest absolute Gasteiger partial charge is 0.416 e. The molecule has 0 bridgehead atoms. The first-order chi connectivity index (χ1) is 15.4. The number of carbonyl (C=O) groups is 2. The second-order valence-corrected chi connectivity index (χ2v) is 11.2. The van der Waals surface area contributed by atoms with E-state index < -0.39 is 40.0 Å². The fourth-order valence-electron chi connectivity index (χ4n) is 3.46. The molecule has 0 aliphatic heterocycles. The zero-order chi connectivity index (χ0) is 24.4. The Morgan fingerprint density at radius 3 is 2.55 bits per heavy atom. The molecule has 1 heterocycles. The number of amides is 2. The number of nitrogens with one attached hydrogen (secondary N) is 1. The van der Waals surface area contributed by atoms with E-state index in [1.165, 1.54) is 20.0 Å². The monoisotopic (exact) mass is 505 g/mol. The molecule has 180 valence electrons. The summed E-state index contributed by atoms with van der Waals surface area (Å²) < 4.78 is 53.6. The Morgan fingerprint density at radius 2 is 1.94 bits per heavy atom. The molecule has 1 aliphatic carbocycles. The van der Waals surface area contributed by atoms with E-state index in [-0.39, 0.29) is 17.6 Å². The van der Waals surface area contributed by atoms with E-state index in [1.807, 2.05) is 0 Å². The summed E-state index contributed by atoms with van der Waals surface area (Å²) in [5, 5.41) is 11.9. The van der Waals surface area contributed by atoms with Crippen LogP contribution in [0.4, 0.5) is 33.2 Å². The maximum absolute atomic E-state index is 14.6. The molecule has 33 heavy (non-hydrogen) atoms. The summed E-state index contributed by atoms with van der Waals surface area (Å²) in [4.78, 5) is 29.4. The van der Waals surface area contributed by atoms with Gasteiger partial charge in [0, 0.05) is 6.54 Å². The maximum Gasteiger partial charge on any atom is 0.416 e. The summed E-state index contributed by atoms with van der Waals surface area (Å²) in [6.45, 7) is 3.12. The molecule has 1 saturated carbocycles. The number of carboxylic acids is 1. The van der Waals surface area contributed by atoms with Crippen molar-refractivity contribution in [1.82, 2.24) is 4.98 Å². The highest BCUT2D eigenvalue weighted by Gasteiger charge is 2.34. The molecule has 6 nitrogen and oxygen atoms in total. The molecule has 12 heteroatoms. The zero-order valence-corrected chi connectivity index (χ0v) is 19.5. The Hall–Kier alpha value is -2.34. The van der Waals surface area contributed by atoms with Crippen LogP contribution in [0.3, 0.4) is 0 Å². The first kappa shape index (κ1) is 25.3. The number of hydrogen-bond acceptors (Lipinski definition) is 5. The molecule has 2 amide bonds. The summed E-state index contributed by atoms with van der Waals surface area (Å²) >= 11 is 2.08. The van der Waals surface area contributed by atoms with Crippen molar-refractivity contribution in [3.05, 3.63) is 35.8 Å². The lowest BCUT2D eigenvalue weighted by molar-refractivity contribution is -0.139. The molecule has 0 atom stereocenters. The standard InChI is InChI=1S/C21H23F4N3O3S2/c1-20(2,17(29)30)33-16-10-26-18(32-16)27-19(31)28(11-12-5-3-4-6-12)15-9-13(21(23,24)25)7-8-14(15)22/h7-10,12H,3-6,11H2,1-2H3,(H,29,30)(H,26,27,31). The van der Waals surface area contributed by atoms with Crippen LogP contribution in [0.25, 0.3) is 0 Å². The van der Waals surface area contributed by atoms with E-state index in [1.54, 1.807) is 0 Å². The van der Waals surface area contributed by atoms with Gasteiger partial charge in [0.15, 0.2) is 5.13 Å². The van der Waals surface area contributed by atoms with Crippen LogP contribution in [0.5, 0.6) is 0 Å². The molecule has 2 aromatic rings. The van der Waals surface area contributed by atoms with Crippen LogP contribution in [-0.4, -0.2) is 33.4 Å². The fourth-order valence-corrected chi connectivity index (χ4v) is 5.72. The number of aromatic nitrogens is 1. The second kappa shape index (κ2) is 9.88. The topological polar surface area (TPSA) is 82.5 Å². The summed E-state index contributed by atoms with van der Waals surface area (Å²) in [6.07, 6.45) is 0.201. The third-order valence-corrected chi connectivity index (χ3v) is 7.49. The average molecular weight is 506 g/mol. The Labute approximate surface area is 196 Å². The third-order valence-electron chi connectivity index (χ3n) is 5.29. The van der Waals surface area contributed by atoms with Crippen molar-refractivity contribution in [3.63, 3.8) is 0 Å². The van der Waals surface area contributed by atoms with E-state index in [4.69, 9.17) is 0 Å². The Morgan fingerprint density at radius 1 is 1.27 bits per heavy atom. The van der Waals surface area contributed by atoms with Crippen molar-refractivity contribution in [3.8, 4) is 0 Å². The first-order valence-electron chi connectivity index (χ1n) is 10.2. The number of benzene rings is 1. The molecule has 0 saturated heterocycles. The normalized spacial score (nSPS) is 15.0. The van der Waals surface area contributed by atoms with Gasteiger partial charge in [-0.2, -0.15) is 13.2 Å². The van der Waals surface area contributed by atoms with Crippen molar-refractivity contribution in [2.45, 2.75) is 54.7 Å². The number of aliphatic carboxylic acids is 1. The van der Waals surface area contributed by atoms with Crippen molar-refractivity contribution in [1.29, 1.82) is 0 Å². The highest BCUT2D eigenvalue weighted by atomic mass is 32.2. The Bertz CT molecular complexity index is 1020. The molecule has 3 rings (SSSR count). The average Bonchev–Trinajstić information content (AvgIpc) is 3.37. The molecule has 0 spiro atoms. The highest BCUT2D eigenvalue weighted by Crippen LogP contribution is 2.38. The van der Waals surface area contributed by atoms with Crippen molar-refractivity contribution >= 4 is 45.9 Å². The van der Waals surface area contributed by atoms with Gasteiger partial charge in [0.25, 0.3) is 0 Å². The maximum atomic E-state index is 14.6. The van der Waals surface area contributed by atoms with Crippen LogP contribution in [0.2, 0.25) is 0 Å². The number of carboxylic acid groups (broad SMARTS) is 1. The SMILES string of the molecule is CC(C)(Sc1cnc(NC(=O)N(CC2CCCC2)c2cc(C(F)(F)F)ccc2F)s1)C(=O)O. The minimum absolute atomic E-state index is 0.0449. The quantitative estimate of drug-likeness (QED) is 0.332. The van der Waals surface area contributed by atoms with Crippen molar-refractivity contribution in [2.24, 2.45) is 5.92 Å². The minimum Gasteiger partial charge on any atom is -0.480 e. The number of halogens is 4. The van der Waals surface area contributed by atoms with Gasteiger partial charge in [-0.1, -0.05) is 35.9 Å². The predicted molar refractivity (Wildman–Crippen MR) is 119 cm³/mol. The van der Waals surface area contributed by atoms with E-state index in [2.05, 4.69) is 10.3 Å². The van der Waals surface area contributed by atoms with Gasteiger partial charge < -0.3 is 5.11 Å². The number of rotatable bonds is 7. The van der Waals surface area contributed by atoms with Gasteiger partial charge in [0.05, 0.1) is 21.7 Å². The molecule has 1 fully saturated rings. The Balaban J connectivity index is 1.85. The largest absolute Gasteiger partial charge is 0.480 e. The van der Waals surface area contributed by atoms with E-state index in [0.29, 0.717) is 22.4 Å². The molecule has 2 N–H and O–H groups in total. The number of thiazole rings is 1. The summed E-state index contributed by atoms with van der Waals surface area (Å²) in [5.41, 5.74) is -1.50. The summed E-state index contributed by atoms with van der Waals surface area (Å²) in [7, 11) is 0. The van der Waals surface area contributed by atoms with Gasteiger partial charge in [0.1, 0.15) is 10.6 Å². The van der Waals surface area contributed by atoms with Crippen LogP contribution in [0, 0.1) is 11.7 Å². The number of hydrogen-bond donors (Lipinski definition) is 2. The van der Waals surface area contributed by atoms with Crippen LogP contribution < -0.4 is 10.2 Å². The lowest BCUT2D eigenvalue weighted by atomic mass is 10.1. The van der Waals surface area contributed by atoms with Gasteiger partial charge in [-0.05, 0) is 50.8 Å². The van der Waals surface area contributed by atoms with Crippen LogP contribution >= 0.6 is 23.1 Å². The molecule has 1 aromatic carbocycles. The van der Waals surface area contributed by atoms with Crippen molar-refractivity contribution in [2.75, 3.05) is 16.8 Å². The Kier molecular flexibility index (Phi) is 7.57. The van der Waals surface area contributed by atoms with Crippen LogP contribution in [0.15, 0.2) is 28.6 Å². The number of thioether (sulfide) groups is 1. The highest BCUT2D eigenvalue weighted by molar-refractivity contribution is 8.03. The van der Waals surface area contributed by atoms with E-state index in [9.17, 15) is 32.3 Å². The van der Waals surface area contributed by atoms with E-state index >= 15 is 0 Å². The molecular formula is C21H23F4N3O3S2. The van der Waals surface area contributed by atoms with Gasteiger partial charge in [-0.3, -0.25) is 15.0 Å². The molecule has 1 aromatic heterocycles. The number of carbonyl (C=O) groups excluding carboxylic acids is 1. The number of urea groups is 1. The lowest BCUT2D eigenvalue weighted by Crippen LogP contribution is -2.39. The zero-order valence-electron chi connectivity index (χ0n) is 17.9. The van der Waals surface area contributed by atoms with Crippen molar-refractivity contribution < 1.29 is 32.3 Å². The number of anilines is 2. The van der Waals surface area contributed by atoms with Gasteiger partial charge >= 0.3 is 18.2 Å². The van der Waals surface area contributed by atoms with Gasteiger partial charge in [-0.15, -0.1) is 0 Å². The second-order valence-electron chi connectivity index (χ2n) is 8.26. The molecule has 0 unspecified atom stereocenters. The first-order valence-corrected chi connectivity index (χ1v) is 11.8. The van der Waals surface area contributed by atoms with E-state index in [0.717, 1.165) is 53.7 Å². The molecule has 0 radical (unpaired) electrons. The number of nitrogens with zero attached hydrogens (tertiary/aromatic N) is 2. The number of alkyl halides is 3.